The molecule has 128 valence electrons. The summed E-state index contributed by atoms with van der Waals surface area (Å²) in [7, 11) is 0. The Kier molecular flexibility index (Phi) is 5.36. The molecule has 0 fully saturated rings. The van der Waals surface area contributed by atoms with Crippen molar-refractivity contribution in [1.82, 2.24) is 0 Å². The van der Waals surface area contributed by atoms with Gasteiger partial charge >= 0.3 is 6.18 Å². The van der Waals surface area contributed by atoms with Gasteiger partial charge in [-0.3, -0.25) is 0 Å². The molecule has 0 radical (unpaired) electrons. The molecule has 0 spiro atoms. The summed E-state index contributed by atoms with van der Waals surface area (Å²) in [5.41, 5.74) is -0.155. The van der Waals surface area contributed by atoms with E-state index >= 15 is 0 Å². The Morgan fingerprint density at radius 3 is 2.04 bits per heavy atom. The third-order valence-corrected chi connectivity index (χ3v) is 3.40. The minimum absolute atomic E-state index is 0.0148. The second-order valence-electron chi connectivity index (χ2n) is 5.29. The number of rotatable bonds is 4. The molecule has 0 atom stereocenters. The zero-order chi connectivity index (χ0) is 17.9. The summed E-state index contributed by atoms with van der Waals surface area (Å²) in [4.78, 5) is 0. The first-order chi connectivity index (χ1) is 11.2. The predicted molar refractivity (Wildman–Crippen MR) is 80.8 cm³/mol. The van der Waals surface area contributed by atoms with Crippen molar-refractivity contribution >= 4 is 6.08 Å². The SMILES string of the molecule is CCCc1ccc(-c2cc(F)c(/C=C/C(F)(F)F)c(F)c2)c(F)c1. The summed E-state index contributed by atoms with van der Waals surface area (Å²) in [6.07, 6.45) is -3.13. The Balaban J connectivity index is 2.42. The molecule has 2 aromatic rings. The van der Waals surface area contributed by atoms with Gasteiger partial charge in [0.15, 0.2) is 0 Å². The molecule has 2 rings (SSSR count). The number of hydrogen-bond acceptors (Lipinski definition) is 0. The molecule has 0 aliphatic rings. The van der Waals surface area contributed by atoms with Gasteiger partial charge in [-0.15, -0.1) is 0 Å². The second-order valence-corrected chi connectivity index (χ2v) is 5.29. The molecule has 0 aliphatic carbocycles. The molecule has 0 aromatic heterocycles. The van der Waals surface area contributed by atoms with Crippen molar-refractivity contribution in [3.63, 3.8) is 0 Å². The molecule has 0 amide bonds. The lowest BCUT2D eigenvalue weighted by Crippen LogP contribution is -2.01. The van der Waals surface area contributed by atoms with E-state index in [9.17, 15) is 26.3 Å². The van der Waals surface area contributed by atoms with E-state index in [1.165, 1.54) is 12.1 Å². The van der Waals surface area contributed by atoms with Gasteiger partial charge in [-0.25, -0.2) is 13.2 Å². The Hall–Kier alpha value is -2.24. The largest absolute Gasteiger partial charge is 0.409 e. The topological polar surface area (TPSA) is 0 Å². The number of aryl methyl sites for hydroxylation is 1. The quantitative estimate of drug-likeness (QED) is 0.571. The fourth-order valence-electron chi connectivity index (χ4n) is 2.31. The average molecular weight is 344 g/mol. The van der Waals surface area contributed by atoms with Crippen LogP contribution in [-0.2, 0) is 6.42 Å². The minimum atomic E-state index is -4.68. The predicted octanol–water partition coefficient (Wildman–Crippen LogP) is 6.30. The van der Waals surface area contributed by atoms with Crippen LogP contribution in [0.2, 0.25) is 0 Å². The van der Waals surface area contributed by atoms with E-state index in [4.69, 9.17) is 0 Å². The first-order valence-corrected chi connectivity index (χ1v) is 7.25. The minimum Gasteiger partial charge on any atom is -0.206 e. The fourth-order valence-corrected chi connectivity index (χ4v) is 2.31. The summed E-state index contributed by atoms with van der Waals surface area (Å²) in [6, 6.07) is 5.97. The first-order valence-electron chi connectivity index (χ1n) is 7.25. The highest BCUT2D eigenvalue weighted by molar-refractivity contribution is 5.67. The second kappa shape index (κ2) is 7.11. The Morgan fingerprint density at radius 2 is 1.54 bits per heavy atom. The molecule has 0 N–H and O–H groups in total. The molecule has 2 aromatic carbocycles. The van der Waals surface area contributed by atoms with Crippen molar-refractivity contribution in [2.45, 2.75) is 25.9 Å². The normalized spacial score (nSPS) is 12.1. The van der Waals surface area contributed by atoms with Crippen LogP contribution in [0.15, 0.2) is 36.4 Å². The van der Waals surface area contributed by atoms with Crippen molar-refractivity contribution in [2.24, 2.45) is 0 Å². The van der Waals surface area contributed by atoms with Crippen molar-refractivity contribution < 1.29 is 26.3 Å². The highest BCUT2D eigenvalue weighted by Crippen LogP contribution is 2.29. The van der Waals surface area contributed by atoms with E-state index in [1.807, 2.05) is 6.92 Å². The first kappa shape index (κ1) is 18.1. The summed E-state index contributed by atoms with van der Waals surface area (Å²) in [6.45, 7) is 1.93. The zero-order valence-electron chi connectivity index (χ0n) is 12.7. The Labute approximate surface area is 135 Å². The molecule has 0 saturated carbocycles. The third kappa shape index (κ3) is 4.40. The van der Waals surface area contributed by atoms with E-state index in [1.54, 1.807) is 6.07 Å². The van der Waals surface area contributed by atoms with Crippen LogP contribution < -0.4 is 0 Å². The fraction of sp³-hybridized carbons (Fsp3) is 0.222. The van der Waals surface area contributed by atoms with Gasteiger partial charge in [-0.1, -0.05) is 25.5 Å². The van der Waals surface area contributed by atoms with E-state index in [0.29, 0.717) is 12.5 Å². The molecule has 0 bridgehead atoms. The van der Waals surface area contributed by atoms with Crippen LogP contribution in [0.1, 0.15) is 24.5 Å². The molecule has 6 heteroatoms. The maximum absolute atomic E-state index is 14.1. The van der Waals surface area contributed by atoms with Gasteiger partial charge < -0.3 is 0 Å². The number of allylic oxidation sites excluding steroid dienone is 1. The maximum atomic E-state index is 14.1. The molecule has 24 heavy (non-hydrogen) atoms. The molecule has 0 nitrogen and oxygen atoms in total. The number of halogens is 6. The standard InChI is InChI=1S/C18H14F6/c1-2-3-11-4-5-13(15(19)8-11)12-9-16(20)14(17(21)10-12)6-7-18(22,23)24/h4-10H,2-3H2,1H3/b7-6+. The van der Waals surface area contributed by atoms with Crippen molar-refractivity contribution in [3.8, 4) is 11.1 Å². The highest BCUT2D eigenvalue weighted by Gasteiger charge is 2.23. The summed E-state index contributed by atoms with van der Waals surface area (Å²) in [5.74, 6) is -3.02. The van der Waals surface area contributed by atoms with E-state index in [0.717, 1.165) is 24.1 Å². The van der Waals surface area contributed by atoms with Gasteiger partial charge in [0, 0.05) is 17.2 Å². The molecular weight excluding hydrogens is 330 g/mol. The van der Waals surface area contributed by atoms with Crippen molar-refractivity contribution in [2.75, 3.05) is 0 Å². The summed E-state index contributed by atoms with van der Waals surface area (Å²) < 4.78 is 78.3. The lowest BCUT2D eigenvalue weighted by molar-refractivity contribution is -0.0790. The van der Waals surface area contributed by atoms with Crippen molar-refractivity contribution in [3.05, 3.63) is 65.0 Å². The van der Waals surface area contributed by atoms with Crippen LogP contribution in [0.25, 0.3) is 17.2 Å². The average Bonchev–Trinajstić information content (AvgIpc) is 2.45. The van der Waals surface area contributed by atoms with Crippen LogP contribution in [0.4, 0.5) is 26.3 Å². The van der Waals surface area contributed by atoms with E-state index in [2.05, 4.69) is 0 Å². The number of alkyl halides is 3. The van der Waals surface area contributed by atoms with Gasteiger partial charge in [0.05, 0.1) is 0 Å². The van der Waals surface area contributed by atoms with Gasteiger partial charge in [0.25, 0.3) is 0 Å². The monoisotopic (exact) mass is 344 g/mol. The van der Waals surface area contributed by atoms with Gasteiger partial charge in [0.1, 0.15) is 17.5 Å². The van der Waals surface area contributed by atoms with E-state index in [-0.39, 0.29) is 17.2 Å². The van der Waals surface area contributed by atoms with E-state index < -0.39 is 29.2 Å². The summed E-state index contributed by atoms with van der Waals surface area (Å²) >= 11 is 0. The number of hydrogen-bond donors (Lipinski definition) is 0. The van der Waals surface area contributed by atoms with Crippen LogP contribution in [0, 0.1) is 17.5 Å². The lowest BCUT2D eigenvalue weighted by atomic mass is 9.99. The van der Waals surface area contributed by atoms with Crippen LogP contribution in [0.3, 0.4) is 0 Å². The third-order valence-electron chi connectivity index (χ3n) is 3.40. The molecule has 0 heterocycles. The summed E-state index contributed by atoms with van der Waals surface area (Å²) in [5, 5.41) is 0. The smallest absolute Gasteiger partial charge is 0.206 e. The molecular formula is C18H14F6. The Bertz CT molecular complexity index is 736. The van der Waals surface area contributed by atoms with Crippen LogP contribution in [0.5, 0.6) is 0 Å². The van der Waals surface area contributed by atoms with Crippen LogP contribution >= 0.6 is 0 Å². The molecule has 0 aliphatic heterocycles. The zero-order valence-corrected chi connectivity index (χ0v) is 12.7. The van der Waals surface area contributed by atoms with Gasteiger partial charge in [0.2, 0.25) is 0 Å². The molecule has 0 saturated heterocycles. The van der Waals surface area contributed by atoms with Gasteiger partial charge in [-0.05, 0) is 41.8 Å². The van der Waals surface area contributed by atoms with Gasteiger partial charge in [-0.2, -0.15) is 13.2 Å². The van der Waals surface area contributed by atoms with Crippen molar-refractivity contribution in [1.29, 1.82) is 0 Å². The maximum Gasteiger partial charge on any atom is 0.409 e. The number of benzene rings is 2. The Morgan fingerprint density at radius 1 is 0.917 bits per heavy atom. The lowest BCUT2D eigenvalue weighted by Gasteiger charge is -2.09. The van der Waals surface area contributed by atoms with Crippen LogP contribution in [-0.4, -0.2) is 6.18 Å². The molecule has 0 unspecified atom stereocenters. The highest BCUT2D eigenvalue weighted by atomic mass is 19.4.